The Morgan fingerprint density at radius 3 is 2.26 bits per heavy atom. The number of hydrogen-bond acceptors (Lipinski definition) is 5. The second-order valence-corrected chi connectivity index (χ2v) is 8.19. The molecule has 2 fully saturated rings. The molecule has 0 radical (unpaired) electrons. The van der Waals surface area contributed by atoms with Gasteiger partial charge >= 0.3 is 0 Å². The van der Waals surface area contributed by atoms with Crippen LogP contribution in [-0.4, -0.2) is 73.2 Å². The van der Waals surface area contributed by atoms with Gasteiger partial charge in [-0.2, -0.15) is 0 Å². The number of fused-ring (bicyclic) bond motifs is 1. The number of nitrogens with zero attached hydrogens (tertiary/aromatic N) is 4. The number of anilines is 1. The summed E-state index contributed by atoms with van der Waals surface area (Å²) in [6.45, 7) is 7.27. The van der Waals surface area contributed by atoms with Crippen LogP contribution in [0.4, 0.5) is 5.82 Å². The van der Waals surface area contributed by atoms with E-state index in [9.17, 15) is 4.79 Å². The minimum atomic E-state index is 0.0802. The molecule has 2 aliphatic heterocycles. The lowest BCUT2D eigenvalue weighted by molar-refractivity contribution is 0.0630. The number of pyridine rings is 1. The molecule has 3 heterocycles. The van der Waals surface area contributed by atoms with Crippen LogP contribution in [0.25, 0.3) is 10.8 Å². The van der Waals surface area contributed by atoms with Crippen molar-refractivity contribution in [2.75, 3.05) is 57.4 Å². The third kappa shape index (κ3) is 4.27. The van der Waals surface area contributed by atoms with Crippen molar-refractivity contribution in [2.24, 2.45) is 0 Å². The normalized spacial score (nSPS) is 17.8. The van der Waals surface area contributed by atoms with Gasteiger partial charge in [0.2, 0.25) is 0 Å². The summed E-state index contributed by atoms with van der Waals surface area (Å²) in [5.41, 5.74) is 2.01. The second kappa shape index (κ2) is 9.04. The fraction of sp³-hybridized carbons (Fsp3) is 0.360. The van der Waals surface area contributed by atoms with Crippen LogP contribution in [0.5, 0.6) is 0 Å². The molecular formula is C25H28N4O2. The number of aromatic nitrogens is 1. The Bertz CT molecular complexity index is 1040. The number of morpholine rings is 1. The fourth-order valence-electron chi connectivity index (χ4n) is 4.50. The molecule has 0 aliphatic carbocycles. The fourth-order valence-corrected chi connectivity index (χ4v) is 4.50. The van der Waals surface area contributed by atoms with E-state index in [2.05, 4.69) is 40.1 Å². The van der Waals surface area contributed by atoms with Gasteiger partial charge in [-0.15, -0.1) is 0 Å². The molecule has 2 aliphatic rings. The maximum absolute atomic E-state index is 13.4. The van der Waals surface area contributed by atoms with Gasteiger partial charge in [0.05, 0.1) is 18.8 Å². The highest BCUT2D eigenvalue weighted by Gasteiger charge is 2.25. The summed E-state index contributed by atoms with van der Waals surface area (Å²) < 4.78 is 5.49. The number of piperazine rings is 1. The topological polar surface area (TPSA) is 48.9 Å². The molecule has 5 rings (SSSR count). The van der Waals surface area contributed by atoms with Crippen LogP contribution < -0.4 is 4.90 Å². The average Bonchev–Trinajstić information content (AvgIpc) is 2.85. The highest BCUT2D eigenvalue weighted by Crippen LogP contribution is 2.28. The van der Waals surface area contributed by atoms with Gasteiger partial charge in [-0.1, -0.05) is 54.6 Å². The molecule has 6 nitrogen and oxygen atoms in total. The predicted octanol–water partition coefficient (Wildman–Crippen LogP) is 3.03. The summed E-state index contributed by atoms with van der Waals surface area (Å²) in [7, 11) is 0. The van der Waals surface area contributed by atoms with E-state index >= 15 is 0 Å². The molecule has 0 saturated carbocycles. The molecule has 0 N–H and O–H groups in total. The molecule has 1 aromatic heterocycles. The van der Waals surface area contributed by atoms with Crippen molar-refractivity contribution in [3.63, 3.8) is 0 Å². The molecule has 0 spiro atoms. The smallest absolute Gasteiger partial charge is 0.256 e. The van der Waals surface area contributed by atoms with E-state index in [1.807, 2.05) is 29.2 Å². The minimum absolute atomic E-state index is 0.0802. The van der Waals surface area contributed by atoms with Crippen LogP contribution in [0.1, 0.15) is 15.9 Å². The van der Waals surface area contributed by atoms with Crippen molar-refractivity contribution in [1.29, 1.82) is 0 Å². The lowest BCUT2D eigenvalue weighted by atomic mass is 10.0. The molecule has 160 valence electrons. The second-order valence-electron chi connectivity index (χ2n) is 8.19. The Hall–Kier alpha value is -2.96. The van der Waals surface area contributed by atoms with Crippen molar-refractivity contribution in [3.8, 4) is 0 Å². The Morgan fingerprint density at radius 1 is 0.839 bits per heavy atom. The number of rotatable bonds is 4. The van der Waals surface area contributed by atoms with Crippen molar-refractivity contribution in [3.05, 3.63) is 71.9 Å². The molecule has 0 unspecified atom stereocenters. The van der Waals surface area contributed by atoms with Crippen LogP contribution in [0.2, 0.25) is 0 Å². The van der Waals surface area contributed by atoms with Gasteiger partial charge in [0.1, 0.15) is 5.82 Å². The van der Waals surface area contributed by atoms with E-state index in [0.29, 0.717) is 18.8 Å². The van der Waals surface area contributed by atoms with Gasteiger partial charge in [-0.25, -0.2) is 4.98 Å². The van der Waals surface area contributed by atoms with Crippen LogP contribution in [0.15, 0.2) is 60.8 Å². The van der Waals surface area contributed by atoms with Crippen molar-refractivity contribution >= 4 is 22.5 Å². The molecule has 2 aromatic carbocycles. The molecule has 3 aromatic rings. The van der Waals surface area contributed by atoms with Gasteiger partial charge in [0, 0.05) is 57.4 Å². The van der Waals surface area contributed by atoms with E-state index in [0.717, 1.165) is 62.4 Å². The zero-order valence-corrected chi connectivity index (χ0v) is 17.7. The molecule has 6 heteroatoms. The molecular weight excluding hydrogens is 388 g/mol. The minimum Gasteiger partial charge on any atom is -0.378 e. The summed E-state index contributed by atoms with van der Waals surface area (Å²) >= 11 is 0. The first-order valence-electron chi connectivity index (χ1n) is 11.1. The van der Waals surface area contributed by atoms with Crippen LogP contribution in [-0.2, 0) is 11.3 Å². The number of benzene rings is 2. The quantitative estimate of drug-likeness (QED) is 0.654. The third-order valence-electron chi connectivity index (χ3n) is 6.22. The molecule has 31 heavy (non-hydrogen) atoms. The van der Waals surface area contributed by atoms with E-state index in [4.69, 9.17) is 9.72 Å². The van der Waals surface area contributed by atoms with E-state index in [1.165, 1.54) is 5.56 Å². The maximum Gasteiger partial charge on any atom is 0.256 e. The summed E-state index contributed by atoms with van der Waals surface area (Å²) in [5.74, 6) is 1.03. The SMILES string of the molecule is O=C(c1cnc(N2CCOCC2)c2ccccc12)N1CCN(Cc2ccccc2)CC1. The van der Waals surface area contributed by atoms with Crippen molar-refractivity contribution < 1.29 is 9.53 Å². The third-order valence-corrected chi connectivity index (χ3v) is 6.22. The zero-order valence-electron chi connectivity index (χ0n) is 17.7. The van der Waals surface area contributed by atoms with Crippen LogP contribution in [0, 0.1) is 0 Å². The molecule has 0 bridgehead atoms. The van der Waals surface area contributed by atoms with E-state index in [1.54, 1.807) is 6.20 Å². The Morgan fingerprint density at radius 2 is 1.52 bits per heavy atom. The summed E-state index contributed by atoms with van der Waals surface area (Å²) in [4.78, 5) is 24.8. The van der Waals surface area contributed by atoms with Crippen molar-refractivity contribution in [1.82, 2.24) is 14.8 Å². The van der Waals surface area contributed by atoms with Gasteiger partial charge in [-0.05, 0) is 10.9 Å². The number of hydrogen-bond donors (Lipinski definition) is 0. The highest BCUT2D eigenvalue weighted by molar-refractivity contribution is 6.09. The van der Waals surface area contributed by atoms with Crippen molar-refractivity contribution in [2.45, 2.75) is 6.54 Å². The largest absolute Gasteiger partial charge is 0.378 e. The van der Waals surface area contributed by atoms with Gasteiger partial charge < -0.3 is 14.5 Å². The van der Waals surface area contributed by atoms with Gasteiger partial charge in [-0.3, -0.25) is 9.69 Å². The Kier molecular flexibility index (Phi) is 5.82. The van der Waals surface area contributed by atoms with E-state index in [-0.39, 0.29) is 5.91 Å². The zero-order chi connectivity index (χ0) is 21.0. The average molecular weight is 417 g/mol. The standard InChI is InChI=1S/C25H28N4O2/c30-25(29-12-10-27(11-13-29)19-20-6-2-1-3-7-20)23-18-26-24(28-14-16-31-17-15-28)22-9-5-4-8-21(22)23/h1-9,18H,10-17,19H2. The number of amides is 1. The van der Waals surface area contributed by atoms with Crippen LogP contribution >= 0.6 is 0 Å². The first-order chi connectivity index (χ1) is 15.3. The first-order valence-corrected chi connectivity index (χ1v) is 11.1. The lowest BCUT2D eigenvalue weighted by Crippen LogP contribution is -2.48. The predicted molar refractivity (Wildman–Crippen MR) is 122 cm³/mol. The monoisotopic (exact) mass is 416 g/mol. The number of ether oxygens (including phenoxy) is 1. The molecule has 0 atom stereocenters. The number of carbonyl (C=O) groups excluding carboxylic acids is 1. The highest BCUT2D eigenvalue weighted by atomic mass is 16.5. The van der Waals surface area contributed by atoms with E-state index < -0.39 is 0 Å². The summed E-state index contributed by atoms with van der Waals surface area (Å²) in [6.07, 6.45) is 1.77. The van der Waals surface area contributed by atoms with Gasteiger partial charge in [0.15, 0.2) is 0 Å². The van der Waals surface area contributed by atoms with Gasteiger partial charge in [0.25, 0.3) is 5.91 Å². The van der Waals surface area contributed by atoms with Crippen LogP contribution in [0.3, 0.4) is 0 Å². The summed E-state index contributed by atoms with van der Waals surface area (Å²) in [6, 6.07) is 18.6. The molecule has 1 amide bonds. The Balaban J connectivity index is 1.32. The maximum atomic E-state index is 13.4. The lowest BCUT2D eigenvalue weighted by Gasteiger charge is -2.35. The number of carbonyl (C=O) groups is 1. The first kappa shape index (κ1) is 20.0. The summed E-state index contributed by atoms with van der Waals surface area (Å²) in [5, 5.41) is 2.02. The molecule has 2 saturated heterocycles. The Labute approximate surface area is 183 Å².